The molecule has 108 valence electrons. The molecule has 0 saturated heterocycles. The number of nitrogens with zero attached hydrogens (tertiary/aromatic N) is 1. The molecule has 0 aliphatic heterocycles. The highest BCUT2D eigenvalue weighted by atomic mass is 35.5. The van der Waals surface area contributed by atoms with Gasteiger partial charge >= 0.3 is 5.69 Å². The van der Waals surface area contributed by atoms with Crippen molar-refractivity contribution in [2.75, 3.05) is 5.32 Å². The summed E-state index contributed by atoms with van der Waals surface area (Å²) in [5.74, 6) is -1.24. The highest BCUT2D eigenvalue weighted by molar-refractivity contribution is 6.33. The van der Waals surface area contributed by atoms with E-state index in [0.29, 0.717) is 5.56 Å². The van der Waals surface area contributed by atoms with Crippen LogP contribution in [0.25, 0.3) is 0 Å². The first kappa shape index (κ1) is 14.9. The fourth-order valence-corrected chi connectivity index (χ4v) is 2.13. The number of nitro benzene ring substituents is 1. The summed E-state index contributed by atoms with van der Waals surface area (Å²) in [4.78, 5) is 22.4. The number of nitro groups is 1. The van der Waals surface area contributed by atoms with Crippen molar-refractivity contribution in [3.05, 3.63) is 68.5 Å². The highest BCUT2D eigenvalue weighted by Crippen LogP contribution is 2.28. The van der Waals surface area contributed by atoms with Gasteiger partial charge in [-0.15, -0.1) is 0 Å². The number of rotatable bonds is 3. The number of halogens is 2. The number of carbonyl (C=O) groups is 1. The number of nitrogens with one attached hydrogen (secondary N) is 1. The number of hydrogen-bond acceptors (Lipinski definition) is 3. The van der Waals surface area contributed by atoms with Crippen molar-refractivity contribution in [2.24, 2.45) is 0 Å². The van der Waals surface area contributed by atoms with E-state index in [-0.39, 0.29) is 16.3 Å². The molecule has 0 aliphatic rings. The lowest BCUT2D eigenvalue weighted by molar-refractivity contribution is -0.385. The van der Waals surface area contributed by atoms with Gasteiger partial charge in [0, 0.05) is 5.69 Å². The number of benzene rings is 2. The first-order chi connectivity index (χ1) is 9.88. The number of anilines is 1. The third kappa shape index (κ3) is 3.35. The Kier molecular flexibility index (Phi) is 4.18. The average molecular weight is 309 g/mol. The molecule has 0 spiro atoms. The van der Waals surface area contributed by atoms with Crippen LogP contribution in [0, 0.1) is 22.9 Å². The van der Waals surface area contributed by atoms with Gasteiger partial charge in [-0.1, -0.05) is 17.7 Å². The van der Waals surface area contributed by atoms with E-state index in [1.54, 1.807) is 13.0 Å². The summed E-state index contributed by atoms with van der Waals surface area (Å²) in [5, 5.41) is 13.3. The summed E-state index contributed by atoms with van der Waals surface area (Å²) in [5.41, 5.74) is 0.164. The van der Waals surface area contributed by atoms with Crippen LogP contribution in [-0.4, -0.2) is 10.8 Å². The Morgan fingerprint density at radius 3 is 2.67 bits per heavy atom. The summed E-state index contributed by atoms with van der Waals surface area (Å²) < 4.78 is 13.3. The van der Waals surface area contributed by atoms with Crippen molar-refractivity contribution in [3.63, 3.8) is 0 Å². The van der Waals surface area contributed by atoms with Gasteiger partial charge in [-0.3, -0.25) is 14.9 Å². The Bertz CT molecular complexity index is 714. The minimum absolute atomic E-state index is 0.136. The SMILES string of the molecule is Cc1cc(F)cc(NC(=O)c2cccc(Cl)c2[N+](=O)[O-])c1. The number of carbonyl (C=O) groups excluding carboxylic acids is 1. The topological polar surface area (TPSA) is 72.2 Å². The predicted molar refractivity (Wildman–Crippen MR) is 77.2 cm³/mol. The van der Waals surface area contributed by atoms with Crippen molar-refractivity contribution >= 4 is 28.9 Å². The van der Waals surface area contributed by atoms with Crippen LogP contribution in [0.1, 0.15) is 15.9 Å². The maximum atomic E-state index is 13.3. The third-order valence-corrected chi connectivity index (χ3v) is 3.02. The van der Waals surface area contributed by atoms with Crippen molar-refractivity contribution in [2.45, 2.75) is 6.92 Å². The Labute approximate surface area is 124 Å². The summed E-state index contributed by atoms with van der Waals surface area (Å²) in [6.45, 7) is 1.67. The first-order valence-corrected chi connectivity index (χ1v) is 6.27. The zero-order valence-corrected chi connectivity index (χ0v) is 11.6. The second-order valence-electron chi connectivity index (χ2n) is 4.36. The van der Waals surface area contributed by atoms with Gasteiger partial charge in [-0.05, 0) is 42.8 Å². The fourth-order valence-electron chi connectivity index (χ4n) is 1.89. The molecule has 0 aliphatic carbocycles. The second-order valence-corrected chi connectivity index (χ2v) is 4.77. The largest absolute Gasteiger partial charge is 0.322 e. The monoisotopic (exact) mass is 308 g/mol. The van der Waals surface area contributed by atoms with Crippen LogP contribution in [0.3, 0.4) is 0 Å². The van der Waals surface area contributed by atoms with Crippen LogP contribution in [0.2, 0.25) is 5.02 Å². The maximum Gasteiger partial charge on any atom is 0.300 e. The molecule has 21 heavy (non-hydrogen) atoms. The molecule has 0 bridgehead atoms. The molecule has 5 nitrogen and oxygen atoms in total. The van der Waals surface area contributed by atoms with Gasteiger partial charge in [0.05, 0.1) is 4.92 Å². The molecule has 0 atom stereocenters. The van der Waals surface area contributed by atoms with Gasteiger partial charge in [0.1, 0.15) is 16.4 Å². The summed E-state index contributed by atoms with van der Waals surface area (Å²) >= 11 is 5.74. The van der Waals surface area contributed by atoms with Gasteiger partial charge in [0.15, 0.2) is 0 Å². The van der Waals surface area contributed by atoms with Crippen LogP contribution in [0.15, 0.2) is 36.4 Å². The van der Waals surface area contributed by atoms with Crippen LogP contribution in [-0.2, 0) is 0 Å². The number of aryl methyl sites for hydroxylation is 1. The number of hydrogen-bond donors (Lipinski definition) is 1. The minimum atomic E-state index is -0.728. The van der Waals surface area contributed by atoms with Crippen molar-refractivity contribution in [1.29, 1.82) is 0 Å². The molecule has 0 radical (unpaired) electrons. The normalized spacial score (nSPS) is 10.2. The third-order valence-electron chi connectivity index (χ3n) is 2.71. The summed E-state index contributed by atoms with van der Waals surface area (Å²) in [6, 6.07) is 8.02. The molecule has 0 heterocycles. The molecule has 0 saturated carbocycles. The van der Waals surface area contributed by atoms with E-state index in [1.165, 1.54) is 24.3 Å². The van der Waals surface area contributed by atoms with E-state index in [1.807, 2.05) is 0 Å². The Morgan fingerprint density at radius 1 is 1.33 bits per heavy atom. The van der Waals surface area contributed by atoms with Gasteiger partial charge in [-0.2, -0.15) is 0 Å². The predicted octanol–water partition coefficient (Wildman–Crippen LogP) is 3.95. The van der Waals surface area contributed by atoms with E-state index in [4.69, 9.17) is 11.6 Å². The zero-order chi connectivity index (χ0) is 15.6. The molecular formula is C14H10ClFN2O3. The van der Waals surface area contributed by atoms with E-state index in [9.17, 15) is 19.3 Å². The first-order valence-electron chi connectivity index (χ1n) is 5.90. The Morgan fingerprint density at radius 2 is 2.05 bits per heavy atom. The van der Waals surface area contributed by atoms with Gasteiger partial charge in [-0.25, -0.2) is 4.39 Å². The molecule has 0 unspecified atom stereocenters. The van der Waals surface area contributed by atoms with Crippen LogP contribution < -0.4 is 5.32 Å². The zero-order valence-electron chi connectivity index (χ0n) is 10.9. The Hall–Kier alpha value is -2.47. The molecule has 2 aromatic carbocycles. The molecule has 2 aromatic rings. The van der Waals surface area contributed by atoms with Gasteiger partial charge < -0.3 is 5.32 Å². The maximum absolute atomic E-state index is 13.3. The summed E-state index contributed by atoms with van der Waals surface area (Å²) in [6.07, 6.45) is 0. The smallest absolute Gasteiger partial charge is 0.300 e. The van der Waals surface area contributed by atoms with Gasteiger partial charge in [0.2, 0.25) is 0 Å². The molecule has 0 fully saturated rings. The molecule has 7 heteroatoms. The minimum Gasteiger partial charge on any atom is -0.322 e. The quantitative estimate of drug-likeness (QED) is 0.689. The average Bonchev–Trinajstić information content (AvgIpc) is 2.36. The molecule has 2 rings (SSSR count). The Balaban J connectivity index is 2.37. The lowest BCUT2D eigenvalue weighted by atomic mass is 10.1. The van der Waals surface area contributed by atoms with E-state index < -0.39 is 22.3 Å². The molecule has 1 N–H and O–H groups in total. The number of amides is 1. The molecule has 0 aromatic heterocycles. The van der Waals surface area contributed by atoms with Crippen LogP contribution in [0.4, 0.5) is 15.8 Å². The van der Waals surface area contributed by atoms with E-state index in [2.05, 4.69) is 5.32 Å². The lowest BCUT2D eigenvalue weighted by Gasteiger charge is -2.07. The van der Waals surface area contributed by atoms with Gasteiger partial charge in [0.25, 0.3) is 5.91 Å². The molecule has 1 amide bonds. The highest BCUT2D eigenvalue weighted by Gasteiger charge is 2.23. The van der Waals surface area contributed by atoms with Crippen molar-refractivity contribution in [1.82, 2.24) is 0 Å². The molecular weight excluding hydrogens is 299 g/mol. The van der Waals surface area contributed by atoms with Crippen LogP contribution in [0.5, 0.6) is 0 Å². The fraction of sp³-hybridized carbons (Fsp3) is 0.0714. The standard InChI is InChI=1S/C14H10ClFN2O3/c1-8-5-9(16)7-10(6-8)17-14(19)11-3-2-4-12(15)13(11)18(20)21/h2-7H,1H3,(H,17,19). The lowest BCUT2D eigenvalue weighted by Crippen LogP contribution is -2.14. The second kappa shape index (κ2) is 5.88. The van der Waals surface area contributed by atoms with E-state index >= 15 is 0 Å². The van der Waals surface area contributed by atoms with E-state index in [0.717, 1.165) is 6.07 Å². The number of para-hydroxylation sites is 1. The van der Waals surface area contributed by atoms with Crippen molar-refractivity contribution < 1.29 is 14.1 Å². The van der Waals surface area contributed by atoms with Crippen LogP contribution >= 0.6 is 11.6 Å². The van der Waals surface area contributed by atoms with Crippen molar-refractivity contribution in [3.8, 4) is 0 Å². The summed E-state index contributed by atoms with van der Waals surface area (Å²) in [7, 11) is 0.